The van der Waals surface area contributed by atoms with Crippen LogP contribution in [0, 0.1) is 0 Å². The maximum atomic E-state index is 13.4. The number of amides is 2. The Morgan fingerprint density at radius 2 is 1.85 bits per heavy atom. The van der Waals surface area contributed by atoms with Gasteiger partial charge in [-0.2, -0.15) is 19.0 Å². The fourth-order valence-corrected chi connectivity index (χ4v) is 5.96. The Kier molecular flexibility index (Phi) is 9.66. The fourth-order valence-electron chi connectivity index (χ4n) is 5.66. The van der Waals surface area contributed by atoms with Crippen LogP contribution in [0.5, 0.6) is 5.75 Å². The van der Waals surface area contributed by atoms with Crippen LogP contribution in [-0.2, 0) is 17.9 Å². The number of piperidine rings is 1. The third kappa shape index (κ3) is 7.53. The molecule has 0 unspecified atom stereocenters. The maximum Gasteiger partial charge on any atom is 0.387 e. The van der Waals surface area contributed by atoms with Gasteiger partial charge in [0.05, 0.1) is 11.9 Å². The van der Waals surface area contributed by atoms with Gasteiger partial charge in [0.25, 0.3) is 5.91 Å². The van der Waals surface area contributed by atoms with Gasteiger partial charge in [-0.15, -0.1) is 0 Å². The molecule has 1 saturated heterocycles. The molecule has 1 aliphatic rings. The number of hydrogen-bond acceptors (Lipinski definition) is 7. The number of hydrogen-bond donors (Lipinski definition) is 1. The van der Waals surface area contributed by atoms with Crippen molar-refractivity contribution < 1.29 is 23.1 Å². The number of benzene rings is 2. The van der Waals surface area contributed by atoms with Crippen molar-refractivity contribution in [1.82, 2.24) is 34.2 Å². The number of carbonyl (C=O) groups is 2. The van der Waals surface area contributed by atoms with Gasteiger partial charge in [0.1, 0.15) is 23.6 Å². The zero-order valence-electron chi connectivity index (χ0n) is 25.2. The number of fused-ring (bicyclic) bond motifs is 1. The minimum atomic E-state index is -3.12. The summed E-state index contributed by atoms with van der Waals surface area (Å²) < 4.78 is 34.2. The zero-order valence-corrected chi connectivity index (χ0v) is 26.7. The van der Waals surface area contributed by atoms with E-state index in [9.17, 15) is 18.4 Å². The zero-order chi connectivity index (χ0) is 33.1. The van der Waals surface area contributed by atoms with Gasteiger partial charge in [-0.1, -0.05) is 35.3 Å². The van der Waals surface area contributed by atoms with Crippen molar-refractivity contribution in [3.63, 3.8) is 0 Å². The fraction of sp³-hybridized carbons (Fsp3) is 0.281. The number of ether oxygens (including phenoxy) is 1. The molecule has 3 aromatic heterocycles. The number of halogens is 4. The molecule has 6 rings (SSSR count). The summed E-state index contributed by atoms with van der Waals surface area (Å²) in [4.78, 5) is 35.1. The van der Waals surface area contributed by atoms with Crippen LogP contribution in [0.1, 0.15) is 28.8 Å². The average Bonchev–Trinajstić information content (AvgIpc) is 3.67. The molecule has 0 radical (unpaired) electrons. The van der Waals surface area contributed by atoms with E-state index in [-0.39, 0.29) is 45.7 Å². The van der Waals surface area contributed by atoms with E-state index in [1.807, 2.05) is 24.3 Å². The lowest BCUT2D eigenvalue weighted by Gasteiger charge is -2.36. The lowest BCUT2D eigenvalue weighted by molar-refractivity contribution is -0.133. The largest absolute Gasteiger partial charge is 0.434 e. The second kappa shape index (κ2) is 14.0. The van der Waals surface area contributed by atoms with Crippen LogP contribution in [-0.4, -0.2) is 78.8 Å². The van der Waals surface area contributed by atoms with Crippen LogP contribution in [0.25, 0.3) is 16.9 Å². The van der Waals surface area contributed by atoms with Gasteiger partial charge in [-0.05, 0) is 61.9 Å². The summed E-state index contributed by atoms with van der Waals surface area (Å²) >= 11 is 12.2. The van der Waals surface area contributed by atoms with E-state index in [4.69, 9.17) is 27.9 Å². The van der Waals surface area contributed by atoms with E-state index >= 15 is 0 Å². The molecule has 0 bridgehead atoms. The van der Waals surface area contributed by atoms with Crippen LogP contribution in [0.15, 0.2) is 73.3 Å². The van der Waals surface area contributed by atoms with Crippen molar-refractivity contribution in [3.05, 3.63) is 94.5 Å². The molecule has 244 valence electrons. The summed E-state index contributed by atoms with van der Waals surface area (Å²) in [6.45, 7) is -1.36. The number of alkyl halides is 2. The summed E-state index contributed by atoms with van der Waals surface area (Å²) in [7, 11) is 2.07. The van der Waals surface area contributed by atoms with Gasteiger partial charge >= 0.3 is 6.61 Å². The first-order chi connectivity index (χ1) is 22.6. The van der Waals surface area contributed by atoms with Crippen molar-refractivity contribution in [2.24, 2.45) is 0 Å². The minimum Gasteiger partial charge on any atom is -0.434 e. The number of likely N-dealkylation sites (tertiary alicyclic amines) is 1. The molecule has 2 amide bonds. The lowest BCUT2D eigenvalue weighted by atomic mass is 10.0. The van der Waals surface area contributed by atoms with Gasteiger partial charge in [-0.3, -0.25) is 19.2 Å². The second-order valence-corrected chi connectivity index (χ2v) is 12.0. The third-order valence-corrected chi connectivity index (χ3v) is 8.52. The molecule has 1 N–H and O–H groups in total. The van der Waals surface area contributed by atoms with Crippen molar-refractivity contribution in [2.75, 3.05) is 25.5 Å². The number of anilines is 1. The molecule has 0 saturated carbocycles. The Bertz CT molecular complexity index is 1890. The molecule has 5 aromatic rings. The number of carbonyl (C=O) groups excluding carboxylic acids is 2. The highest BCUT2D eigenvalue weighted by atomic mass is 35.5. The Morgan fingerprint density at radius 1 is 1.11 bits per heavy atom. The highest BCUT2D eigenvalue weighted by molar-refractivity contribution is 6.31. The van der Waals surface area contributed by atoms with Gasteiger partial charge in [0.15, 0.2) is 5.65 Å². The first-order valence-electron chi connectivity index (χ1n) is 14.8. The number of nitrogens with zero attached hydrogens (tertiary/aromatic N) is 7. The first-order valence-corrected chi connectivity index (χ1v) is 15.5. The van der Waals surface area contributed by atoms with E-state index in [1.165, 1.54) is 46.0 Å². The molecule has 0 atom stereocenters. The molecule has 15 heteroatoms. The van der Waals surface area contributed by atoms with E-state index in [2.05, 4.69) is 32.4 Å². The van der Waals surface area contributed by atoms with Crippen LogP contribution in [0.2, 0.25) is 10.0 Å². The van der Waals surface area contributed by atoms with Crippen LogP contribution in [0.4, 0.5) is 14.5 Å². The smallest absolute Gasteiger partial charge is 0.387 e. The number of aromatic nitrogens is 5. The highest BCUT2D eigenvalue weighted by Crippen LogP contribution is 2.37. The molecule has 1 fully saturated rings. The Morgan fingerprint density at radius 3 is 2.60 bits per heavy atom. The molecule has 0 aliphatic carbocycles. The summed E-state index contributed by atoms with van der Waals surface area (Å²) in [6, 6.07) is 13.8. The number of rotatable bonds is 10. The van der Waals surface area contributed by atoms with E-state index in [1.54, 1.807) is 17.2 Å². The molecular formula is C32H30Cl2F2N8O3. The highest BCUT2D eigenvalue weighted by Gasteiger charge is 2.27. The van der Waals surface area contributed by atoms with Crippen LogP contribution in [0.3, 0.4) is 0 Å². The molecule has 47 heavy (non-hydrogen) atoms. The predicted octanol–water partition coefficient (Wildman–Crippen LogP) is 5.88. The van der Waals surface area contributed by atoms with E-state index in [0.29, 0.717) is 29.8 Å². The molecule has 4 heterocycles. The molecule has 11 nitrogen and oxygen atoms in total. The van der Waals surface area contributed by atoms with E-state index in [0.717, 1.165) is 24.9 Å². The average molecular weight is 684 g/mol. The second-order valence-electron chi connectivity index (χ2n) is 11.2. The maximum absolute atomic E-state index is 13.4. The standard InChI is InChI=1S/C32H30Cl2F2N8O3/c1-41(17-20-3-5-21(33)6-4-20)23-9-13-42(14-10-23)28(45)19-43-18-26(39-31(46)25-16-38-44-12-2-11-37-30(25)44)29(40-43)24-15-22(34)7-8-27(24)47-32(35)36/h2-8,11-12,15-16,18,23,32H,9-10,13-14,17,19H2,1H3,(H,39,46). The molecular weight excluding hydrogens is 653 g/mol. The first kappa shape index (κ1) is 32.4. The Labute approximate surface area is 278 Å². The van der Waals surface area contributed by atoms with Crippen molar-refractivity contribution >= 4 is 46.4 Å². The number of nitrogens with one attached hydrogen (secondary N) is 1. The quantitative estimate of drug-likeness (QED) is 0.196. The van der Waals surface area contributed by atoms with Gasteiger partial charge in [0, 0.05) is 59.9 Å². The lowest BCUT2D eigenvalue weighted by Crippen LogP contribution is -2.46. The summed E-state index contributed by atoms with van der Waals surface area (Å²) in [5.41, 5.74) is 2.02. The van der Waals surface area contributed by atoms with Crippen molar-refractivity contribution in [2.45, 2.75) is 38.6 Å². The SMILES string of the molecule is CN(Cc1ccc(Cl)cc1)C1CCN(C(=O)Cn2cc(NC(=O)c3cnn4cccnc34)c(-c3cc(Cl)ccc3OC(F)F)n2)CC1. The van der Waals surface area contributed by atoms with Crippen LogP contribution >= 0.6 is 23.2 Å². The van der Waals surface area contributed by atoms with Gasteiger partial charge in [0.2, 0.25) is 5.91 Å². The summed E-state index contributed by atoms with van der Waals surface area (Å²) in [5, 5.41) is 12.4. The Balaban J connectivity index is 1.20. The normalized spacial score (nSPS) is 13.9. The third-order valence-electron chi connectivity index (χ3n) is 8.03. The summed E-state index contributed by atoms with van der Waals surface area (Å²) in [6.07, 6.45) is 7.62. The molecule has 2 aromatic carbocycles. The van der Waals surface area contributed by atoms with E-state index < -0.39 is 12.5 Å². The van der Waals surface area contributed by atoms with Crippen molar-refractivity contribution in [1.29, 1.82) is 0 Å². The van der Waals surface area contributed by atoms with Crippen molar-refractivity contribution in [3.8, 4) is 17.0 Å². The minimum absolute atomic E-state index is 0.0938. The predicted molar refractivity (Wildman–Crippen MR) is 173 cm³/mol. The topological polar surface area (TPSA) is 110 Å². The monoisotopic (exact) mass is 682 g/mol. The summed E-state index contributed by atoms with van der Waals surface area (Å²) in [5.74, 6) is -0.925. The Hall–Kier alpha value is -4.59. The molecule has 1 aliphatic heterocycles. The van der Waals surface area contributed by atoms with Crippen LogP contribution < -0.4 is 10.1 Å². The molecule has 0 spiro atoms. The van der Waals surface area contributed by atoms with Gasteiger partial charge < -0.3 is 15.0 Å². The van der Waals surface area contributed by atoms with Gasteiger partial charge in [-0.25, -0.2) is 9.50 Å².